The van der Waals surface area contributed by atoms with E-state index in [2.05, 4.69) is 44.2 Å². The van der Waals surface area contributed by atoms with Gasteiger partial charge in [0.05, 0.1) is 25.5 Å². The van der Waals surface area contributed by atoms with Crippen molar-refractivity contribution in [3.63, 3.8) is 0 Å². The van der Waals surface area contributed by atoms with Crippen LogP contribution in [0.15, 0.2) is 48.8 Å². The molecule has 0 aliphatic carbocycles. The summed E-state index contributed by atoms with van der Waals surface area (Å²) in [7, 11) is 1.66. The van der Waals surface area contributed by atoms with E-state index < -0.39 is 0 Å². The molecule has 1 aliphatic heterocycles. The number of rotatable bonds is 5. The van der Waals surface area contributed by atoms with Crippen molar-refractivity contribution in [2.45, 2.75) is 26.1 Å². The topological polar surface area (TPSA) is 85.3 Å². The van der Waals surface area contributed by atoms with Crippen LogP contribution in [0.2, 0.25) is 0 Å². The van der Waals surface area contributed by atoms with Crippen LogP contribution < -0.4 is 15.0 Å². The molecule has 1 aliphatic rings. The highest BCUT2D eigenvalue weighted by Crippen LogP contribution is 2.30. The Morgan fingerprint density at radius 3 is 2.69 bits per heavy atom. The number of nitrogens with zero attached hydrogens (tertiary/aromatic N) is 5. The first-order valence-corrected chi connectivity index (χ1v) is 9.59. The lowest BCUT2D eigenvalue weighted by Crippen LogP contribution is -2.46. The smallest absolute Gasteiger partial charge is 0.227 e. The lowest BCUT2D eigenvalue weighted by Gasteiger charge is -2.35. The second kappa shape index (κ2) is 8.40. The van der Waals surface area contributed by atoms with Crippen LogP contribution in [-0.2, 0) is 4.74 Å². The quantitative estimate of drug-likeness (QED) is 0.708. The monoisotopic (exact) mass is 392 g/mol. The summed E-state index contributed by atoms with van der Waals surface area (Å²) in [4.78, 5) is 11.2. The van der Waals surface area contributed by atoms with Crippen molar-refractivity contribution < 1.29 is 9.47 Å². The molecular formula is C21H24N6O2. The normalized spacial score (nSPS) is 19.1. The van der Waals surface area contributed by atoms with Crippen molar-refractivity contribution in [3.8, 4) is 16.9 Å². The fourth-order valence-electron chi connectivity index (χ4n) is 3.50. The second-order valence-corrected chi connectivity index (χ2v) is 7.06. The number of ether oxygens (including phenoxy) is 2. The molecule has 3 heterocycles. The molecule has 8 nitrogen and oxygen atoms in total. The zero-order chi connectivity index (χ0) is 20.2. The van der Waals surface area contributed by atoms with E-state index >= 15 is 0 Å². The van der Waals surface area contributed by atoms with Crippen molar-refractivity contribution in [1.29, 1.82) is 0 Å². The van der Waals surface area contributed by atoms with Crippen LogP contribution in [0.4, 0.5) is 17.6 Å². The largest absolute Gasteiger partial charge is 0.496 e. The molecule has 0 radical (unpaired) electrons. The standard InChI is InChI=1S/C21H24N6O2/c1-14-12-27(13-15(2)29-14)21-22-9-8-19(25-21)24-20-10-16(11-23-26-20)17-6-4-5-7-18(17)28-3/h4-11,14-15H,12-13H2,1-3H3,(H,22,24,25,26)/t14-,15+. The highest BCUT2D eigenvalue weighted by molar-refractivity contribution is 5.72. The summed E-state index contributed by atoms with van der Waals surface area (Å²) in [6, 6.07) is 11.5. The number of hydrogen-bond donors (Lipinski definition) is 1. The molecule has 1 fully saturated rings. The highest BCUT2D eigenvalue weighted by atomic mass is 16.5. The molecule has 4 rings (SSSR count). The number of anilines is 3. The lowest BCUT2D eigenvalue weighted by molar-refractivity contribution is -0.00571. The van der Waals surface area contributed by atoms with Crippen molar-refractivity contribution in [1.82, 2.24) is 20.2 Å². The van der Waals surface area contributed by atoms with E-state index in [-0.39, 0.29) is 12.2 Å². The molecule has 150 valence electrons. The fraction of sp³-hybridized carbons (Fsp3) is 0.333. The SMILES string of the molecule is COc1ccccc1-c1cnnc(Nc2ccnc(N3C[C@@H](C)O[C@@H](C)C3)n2)c1. The summed E-state index contributed by atoms with van der Waals surface area (Å²) < 4.78 is 11.2. The summed E-state index contributed by atoms with van der Waals surface area (Å²) in [5.41, 5.74) is 1.86. The van der Waals surface area contributed by atoms with E-state index in [0.29, 0.717) is 17.6 Å². The Morgan fingerprint density at radius 2 is 1.90 bits per heavy atom. The first-order valence-electron chi connectivity index (χ1n) is 9.59. The van der Waals surface area contributed by atoms with Crippen LogP contribution in [0.3, 0.4) is 0 Å². The third-order valence-corrected chi connectivity index (χ3v) is 4.67. The van der Waals surface area contributed by atoms with Crippen LogP contribution in [0.1, 0.15) is 13.8 Å². The summed E-state index contributed by atoms with van der Waals surface area (Å²) in [6.45, 7) is 5.64. The van der Waals surface area contributed by atoms with Gasteiger partial charge in [-0.3, -0.25) is 0 Å². The van der Waals surface area contributed by atoms with Gasteiger partial charge < -0.3 is 19.7 Å². The molecule has 0 unspecified atom stereocenters. The average molecular weight is 392 g/mol. The van der Waals surface area contributed by atoms with Crippen LogP contribution in [0.25, 0.3) is 11.1 Å². The Labute approximate surface area is 169 Å². The average Bonchev–Trinajstić information content (AvgIpc) is 2.73. The van der Waals surface area contributed by atoms with Crippen molar-refractivity contribution >= 4 is 17.6 Å². The summed E-state index contributed by atoms with van der Waals surface area (Å²) in [5, 5.41) is 11.5. The van der Waals surface area contributed by atoms with Gasteiger partial charge in [0.1, 0.15) is 11.6 Å². The van der Waals surface area contributed by atoms with E-state index in [1.165, 1.54) is 0 Å². The Morgan fingerprint density at radius 1 is 1.10 bits per heavy atom. The van der Waals surface area contributed by atoms with Gasteiger partial charge in [-0.25, -0.2) is 4.98 Å². The lowest BCUT2D eigenvalue weighted by atomic mass is 10.1. The van der Waals surface area contributed by atoms with Gasteiger partial charge in [-0.05, 0) is 32.0 Å². The zero-order valence-corrected chi connectivity index (χ0v) is 16.7. The molecule has 8 heteroatoms. The van der Waals surface area contributed by atoms with E-state index in [0.717, 1.165) is 30.0 Å². The van der Waals surface area contributed by atoms with Crippen molar-refractivity contribution in [2.75, 3.05) is 30.4 Å². The number of para-hydroxylation sites is 1. The molecule has 2 atom stereocenters. The molecule has 0 saturated carbocycles. The number of morpholine rings is 1. The Kier molecular flexibility index (Phi) is 5.53. The maximum atomic E-state index is 5.80. The predicted molar refractivity (Wildman–Crippen MR) is 112 cm³/mol. The first-order chi connectivity index (χ1) is 14.1. The fourth-order valence-corrected chi connectivity index (χ4v) is 3.50. The maximum absolute atomic E-state index is 5.80. The summed E-state index contributed by atoms with van der Waals surface area (Å²) in [5.74, 6) is 2.72. The van der Waals surface area contributed by atoms with Gasteiger partial charge in [-0.1, -0.05) is 18.2 Å². The molecule has 3 aromatic rings. The van der Waals surface area contributed by atoms with E-state index in [1.807, 2.05) is 36.4 Å². The highest BCUT2D eigenvalue weighted by Gasteiger charge is 2.24. The van der Waals surface area contributed by atoms with Crippen LogP contribution in [-0.4, -0.2) is 52.6 Å². The maximum Gasteiger partial charge on any atom is 0.227 e. The van der Waals surface area contributed by atoms with Gasteiger partial charge >= 0.3 is 0 Å². The molecule has 1 N–H and O–H groups in total. The molecule has 1 aromatic carbocycles. The summed E-state index contributed by atoms with van der Waals surface area (Å²) in [6.07, 6.45) is 3.74. The number of nitrogens with one attached hydrogen (secondary N) is 1. The summed E-state index contributed by atoms with van der Waals surface area (Å²) >= 11 is 0. The third kappa shape index (κ3) is 4.43. The van der Waals surface area contributed by atoms with Gasteiger partial charge in [-0.15, -0.1) is 5.10 Å². The number of methoxy groups -OCH3 is 1. The predicted octanol–water partition coefficient (Wildman–Crippen LogP) is 3.30. The second-order valence-electron chi connectivity index (χ2n) is 7.06. The minimum absolute atomic E-state index is 0.141. The zero-order valence-electron chi connectivity index (χ0n) is 16.7. The van der Waals surface area contributed by atoms with Crippen molar-refractivity contribution in [2.24, 2.45) is 0 Å². The van der Waals surface area contributed by atoms with Crippen LogP contribution >= 0.6 is 0 Å². The number of aromatic nitrogens is 4. The van der Waals surface area contributed by atoms with E-state index in [9.17, 15) is 0 Å². The van der Waals surface area contributed by atoms with Gasteiger partial charge in [0.15, 0.2) is 5.82 Å². The van der Waals surface area contributed by atoms with Crippen molar-refractivity contribution in [3.05, 3.63) is 48.8 Å². The molecule has 0 spiro atoms. The number of hydrogen-bond acceptors (Lipinski definition) is 8. The minimum atomic E-state index is 0.141. The molecule has 0 bridgehead atoms. The Balaban J connectivity index is 1.56. The molecule has 29 heavy (non-hydrogen) atoms. The molecule has 2 aromatic heterocycles. The molecule has 1 saturated heterocycles. The first kappa shape index (κ1) is 19.1. The van der Waals surface area contributed by atoms with Crippen LogP contribution in [0, 0.1) is 0 Å². The molecule has 0 amide bonds. The van der Waals surface area contributed by atoms with Gasteiger partial charge in [0.2, 0.25) is 5.95 Å². The van der Waals surface area contributed by atoms with Gasteiger partial charge in [0, 0.05) is 30.4 Å². The minimum Gasteiger partial charge on any atom is -0.496 e. The van der Waals surface area contributed by atoms with Crippen LogP contribution in [0.5, 0.6) is 5.75 Å². The Bertz CT molecular complexity index is 973. The Hall–Kier alpha value is -3.26. The van der Waals surface area contributed by atoms with Gasteiger partial charge in [0.25, 0.3) is 0 Å². The van der Waals surface area contributed by atoms with E-state index in [1.54, 1.807) is 19.5 Å². The number of benzene rings is 1. The third-order valence-electron chi connectivity index (χ3n) is 4.67. The van der Waals surface area contributed by atoms with E-state index in [4.69, 9.17) is 9.47 Å². The molecular weight excluding hydrogens is 368 g/mol. The van der Waals surface area contributed by atoms with Gasteiger partial charge in [-0.2, -0.15) is 10.1 Å².